The lowest BCUT2D eigenvalue weighted by Crippen LogP contribution is -2.21. The first-order chi connectivity index (χ1) is 15.4. The van der Waals surface area contributed by atoms with Crippen LogP contribution in [0, 0.1) is 0 Å². The van der Waals surface area contributed by atoms with E-state index in [1.807, 2.05) is 5.38 Å². The normalized spacial score (nSPS) is 11.4. The first-order valence-electron chi connectivity index (χ1n) is 9.93. The molecule has 0 saturated heterocycles. The number of benzene rings is 2. The fourth-order valence-corrected chi connectivity index (χ4v) is 3.66. The van der Waals surface area contributed by atoms with Crippen LogP contribution in [0.1, 0.15) is 27.2 Å². The number of hydrogen-bond acceptors (Lipinski definition) is 6. The summed E-state index contributed by atoms with van der Waals surface area (Å²) in [5.74, 6) is -0.314. The Labute approximate surface area is 187 Å². The van der Waals surface area contributed by atoms with Crippen LogP contribution in [0.2, 0.25) is 0 Å². The summed E-state index contributed by atoms with van der Waals surface area (Å²) in [6, 6.07) is 11.9. The Kier molecular flexibility index (Phi) is 8.20. The minimum atomic E-state index is -4.43. The molecule has 1 aromatic heterocycles. The van der Waals surface area contributed by atoms with E-state index in [4.69, 9.17) is 5.11 Å². The molecule has 0 unspecified atom stereocenters. The van der Waals surface area contributed by atoms with Gasteiger partial charge in [0, 0.05) is 42.7 Å². The van der Waals surface area contributed by atoms with Gasteiger partial charge in [-0.15, -0.1) is 11.3 Å². The molecule has 0 spiro atoms. The van der Waals surface area contributed by atoms with Crippen LogP contribution in [0.25, 0.3) is 0 Å². The summed E-state index contributed by atoms with van der Waals surface area (Å²) in [6.07, 6.45) is -3.75. The fourth-order valence-electron chi connectivity index (χ4n) is 2.92. The number of anilines is 2. The van der Waals surface area contributed by atoms with E-state index in [9.17, 15) is 18.0 Å². The monoisotopic (exact) mass is 464 g/mol. The second kappa shape index (κ2) is 11.1. The third-order valence-electron chi connectivity index (χ3n) is 4.55. The zero-order chi connectivity index (χ0) is 23.0. The second-order valence-electron chi connectivity index (χ2n) is 6.92. The maximum atomic E-state index is 13.1. The summed E-state index contributed by atoms with van der Waals surface area (Å²) in [4.78, 5) is 16.8. The molecule has 0 saturated carbocycles. The van der Waals surface area contributed by atoms with Gasteiger partial charge in [-0.1, -0.05) is 24.3 Å². The zero-order valence-electron chi connectivity index (χ0n) is 17.1. The van der Waals surface area contributed by atoms with Crippen molar-refractivity contribution in [1.29, 1.82) is 0 Å². The molecule has 0 aliphatic rings. The molecule has 3 rings (SSSR count). The lowest BCUT2D eigenvalue weighted by molar-refractivity contribution is -0.137. The summed E-state index contributed by atoms with van der Waals surface area (Å²) in [6.45, 7) is 1.47. The number of alkyl halides is 3. The predicted octanol–water partition coefficient (Wildman–Crippen LogP) is 4.15. The van der Waals surface area contributed by atoms with Crippen LogP contribution in [-0.4, -0.2) is 35.7 Å². The molecular formula is C22H23F3N4O2S. The molecule has 3 aromatic rings. The number of thiazole rings is 1. The highest BCUT2D eigenvalue weighted by molar-refractivity contribution is 7.14. The van der Waals surface area contributed by atoms with Gasteiger partial charge >= 0.3 is 6.18 Å². The Morgan fingerprint density at radius 3 is 2.53 bits per heavy atom. The molecule has 1 amide bonds. The van der Waals surface area contributed by atoms with Crippen LogP contribution in [-0.2, 0) is 19.1 Å². The first kappa shape index (κ1) is 23.7. The number of aliphatic hydroxyl groups is 1. The van der Waals surface area contributed by atoms with E-state index in [1.165, 1.54) is 23.5 Å². The number of carbonyl (C=O) groups excluding carboxylic acids is 1. The van der Waals surface area contributed by atoms with Crippen molar-refractivity contribution in [3.8, 4) is 0 Å². The Morgan fingerprint density at radius 1 is 1.06 bits per heavy atom. The minimum Gasteiger partial charge on any atom is -0.395 e. The van der Waals surface area contributed by atoms with Crippen molar-refractivity contribution in [3.05, 3.63) is 76.3 Å². The highest BCUT2D eigenvalue weighted by Crippen LogP contribution is 2.34. The van der Waals surface area contributed by atoms with Gasteiger partial charge in [0.1, 0.15) is 0 Å². The molecule has 0 fully saturated rings. The van der Waals surface area contributed by atoms with E-state index in [0.29, 0.717) is 30.2 Å². The highest BCUT2D eigenvalue weighted by atomic mass is 32.1. The smallest absolute Gasteiger partial charge is 0.395 e. The minimum absolute atomic E-state index is 0.00737. The van der Waals surface area contributed by atoms with Crippen LogP contribution < -0.4 is 16.0 Å². The summed E-state index contributed by atoms with van der Waals surface area (Å²) >= 11 is 1.33. The molecule has 0 bridgehead atoms. The van der Waals surface area contributed by atoms with E-state index in [-0.39, 0.29) is 24.7 Å². The van der Waals surface area contributed by atoms with Gasteiger partial charge in [0.2, 0.25) is 0 Å². The summed E-state index contributed by atoms with van der Waals surface area (Å²) in [7, 11) is 0. The molecule has 0 radical (unpaired) electrons. The van der Waals surface area contributed by atoms with Crippen molar-refractivity contribution in [3.63, 3.8) is 0 Å². The van der Waals surface area contributed by atoms with Crippen LogP contribution >= 0.6 is 11.3 Å². The quantitative estimate of drug-likeness (QED) is 0.339. The molecule has 170 valence electrons. The number of hydrogen-bond donors (Lipinski definition) is 4. The SMILES string of the molecule is O=C(Nc1nc(CCNCCO)cs1)c1ccc(CNc2ccccc2C(F)(F)F)cc1. The summed E-state index contributed by atoms with van der Waals surface area (Å²) in [5, 5.41) is 19.7. The number of aromatic nitrogens is 1. The third-order valence-corrected chi connectivity index (χ3v) is 5.36. The van der Waals surface area contributed by atoms with E-state index in [1.54, 1.807) is 30.3 Å². The Bertz CT molecular complexity index is 1020. The number of halogens is 3. The average Bonchev–Trinajstić information content (AvgIpc) is 3.22. The number of rotatable bonds is 10. The Morgan fingerprint density at radius 2 is 1.81 bits per heavy atom. The first-order valence-corrected chi connectivity index (χ1v) is 10.8. The van der Waals surface area contributed by atoms with Crippen molar-refractivity contribution < 1.29 is 23.1 Å². The Hall–Kier alpha value is -2.95. The van der Waals surface area contributed by atoms with E-state index in [0.717, 1.165) is 17.3 Å². The lowest BCUT2D eigenvalue weighted by atomic mass is 10.1. The van der Waals surface area contributed by atoms with Gasteiger partial charge in [-0.3, -0.25) is 10.1 Å². The number of aliphatic hydroxyl groups excluding tert-OH is 1. The molecular weight excluding hydrogens is 441 g/mol. The van der Waals surface area contributed by atoms with Crippen molar-refractivity contribution in [2.24, 2.45) is 0 Å². The van der Waals surface area contributed by atoms with Crippen LogP contribution in [0.4, 0.5) is 24.0 Å². The van der Waals surface area contributed by atoms with Gasteiger partial charge in [0.15, 0.2) is 5.13 Å². The van der Waals surface area contributed by atoms with E-state index >= 15 is 0 Å². The number of carbonyl (C=O) groups is 1. The molecule has 0 atom stereocenters. The van der Waals surface area contributed by atoms with E-state index in [2.05, 4.69) is 20.9 Å². The van der Waals surface area contributed by atoms with Gasteiger partial charge in [-0.25, -0.2) is 4.98 Å². The fraction of sp³-hybridized carbons (Fsp3) is 0.273. The average molecular weight is 465 g/mol. The van der Waals surface area contributed by atoms with Crippen molar-refractivity contribution in [1.82, 2.24) is 10.3 Å². The number of amides is 1. The molecule has 6 nitrogen and oxygen atoms in total. The van der Waals surface area contributed by atoms with Crippen molar-refractivity contribution in [2.45, 2.75) is 19.1 Å². The van der Waals surface area contributed by atoms with Crippen LogP contribution in [0.3, 0.4) is 0 Å². The van der Waals surface area contributed by atoms with Gasteiger partial charge in [0.05, 0.1) is 17.9 Å². The van der Waals surface area contributed by atoms with Crippen molar-refractivity contribution in [2.75, 3.05) is 30.3 Å². The second-order valence-corrected chi connectivity index (χ2v) is 7.77. The molecule has 0 aliphatic heterocycles. The van der Waals surface area contributed by atoms with Gasteiger partial charge in [0.25, 0.3) is 5.91 Å². The topological polar surface area (TPSA) is 86.3 Å². The van der Waals surface area contributed by atoms with Gasteiger partial charge in [-0.05, 0) is 29.8 Å². The maximum absolute atomic E-state index is 13.1. The van der Waals surface area contributed by atoms with Crippen LogP contribution in [0.15, 0.2) is 53.9 Å². The highest BCUT2D eigenvalue weighted by Gasteiger charge is 2.33. The molecule has 2 aromatic carbocycles. The number of nitrogens with zero attached hydrogens (tertiary/aromatic N) is 1. The largest absolute Gasteiger partial charge is 0.418 e. The Balaban J connectivity index is 1.54. The van der Waals surface area contributed by atoms with Crippen molar-refractivity contribution >= 4 is 28.1 Å². The van der Waals surface area contributed by atoms with Crippen LogP contribution in [0.5, 0.6) is 0 Å². The number of para-hydroxylation sites is 1. The lowest BCUT2D eigenvalue weighted by Gasteiger charge is -2.14. The molecule has 10 heteroatoms. The van der Waals surface area contributed by atoms with Gasteiger partial charge < -0.3 is 15.7 Å². The molecule has 4 N–H and O–H groups in total. The predicted molar refractivity (Wildman–Crippen MR) is 119 cm³/mol. The van der Waals surface area contributed by atoms with E-state index < -0.39 is 11.7 Å². The molecule has 0 aliphatic carbocycles. The third kappa shape index (κ3) is 6.78. The standard InChI is InChI=1S/C22H23F3N4O2S/c23-22(24,25)18-3-1-2-4-19(18)27-13-15-5-7-16(8-6-15)20(31)29-21-28-17(14-32-21)9-10-26-11-12-30/h1-8,14,26-27,30H,9-13H2,(H,28,29,31). The van der Waals surface area contributed by atoms with Gasteiger partial charge in [-0.2, -0.15) is 13.2 Å². The molecule has 1 heterocycles. The zero-order valence-corrected chi connectivity index (χ0v) is 17.9. The number of nitrogens with one attached hydrogen (secondary N) is 3. The summed E-state index contributed by atoms with van der Waals surface area (Å²) in [5.41, 5.74) is 1.29. The summed E-state index contributed by atoms with van der Waals surface area (Å²) < 4.78 is 39.3. The maximum Gasteiger partial charge on any atom is 0.418 e. The molecule has 32 heavy (non-hydrogen) atoms.